The second kappa shape index (κ2) is 6.19. The molecular formula is C12H16O3. The summed E-state index contributed by atoms with van der Waals surface area (Å²) in [6.07, 6.45) is 1.11. The fourth-order valence-corrected chi connectivity index (χ4v) is 1.23. The van der Waals surface area contributed by atoms with Crippen LogP contribution in [0.3, 0.4) is 0 Å². The van der Waals surface area contributed by atoms with E-state index in [-0.39, 0.29) is 6.42 Å². The Hall–Kier alpha value is -1.35. The minimum atomic E-state index is -0.706. The van der Waals surface area contributed by atoms with E-state index in [1.165, 1.54) is 0 Å². The Morgan fingerprint density at radius 1 is 1.40 bits per heavy atom. The Bertz CT molecular complexity index is 292. The lowest BCUT2D eigenvalue weighted by Gasteiger charge is -2.09. The molecule has 1 N–H and O–H groups in total. The number of ether oxygens (including phenoxy) is 1. The first-order valence-electron chi connectivity index (χ1n) is 5.12. The van der Waals surface area contributed by atoms with Crippen LogP contribution < -0.4 is 4.74 Å². The zero-order chi connectivity index (χ0) is 11.1. The molecular weight excluding hydrogens is 192 g/mol. The van der Waals surface area contributed by atoms with E-state index < -0.39 is 6.10 Å². The monoisotopic (exact) mass is 208 g/mol. The maximum Gasteiger partial charge on any atom is 0.122 e. The van der Waals surface area contributed by atoms with Crippen LogP contribution in [0, 0.1) is 0 Å². The van der Waals surface area contributed by atoms with Crippen LogP contribution >= 0.6 is 0 Å². The molecule has 0 bridgehead atoms. The Morgan fingerprint density at radius 2 is 2.07 bits per heavy atom. The average molecular weight is 208 g/mol. The molecule has 1 unspecified atom stereocenters. The standard InChI is InChI=1S/C12H16O3/c1-2-9-15-11-5-3-10(4-6-11)12(14)7-8-13/h3-6,8,12,14H,2,7,9H2,1H3. The number of carbonyl (C=O) groups is 1. The van der Waals surface area contributed by atoms with E-state index in [1.807, 2.05) is 6.92 Å². The molecule has 0 heterocycles. The zero-order valence-electron chi connectivity index (χ0n) is 8.85. The fraction of sp³-hybridized carbons (Fsp3) is 0.417. The summed E-state index contributed by atoms with van der Waals surface area (Å²) in [5.41, 5.74) is 0.742. The van der Waals surface area contributed by atoms with Crippen LogP contribution in [0.15, 0.2) is 24.3 Å². The summed E-state index contributed by atoms with van der Waals surface area (Å²) in [4.78, 5) is 10.2. The summed E-state index contributed by atoms with van der Waals surface area (Å²) in [5.74, 6) is 0.791. The number of rotatable bonds is 6. The lowest BCUT2D eigenvalue weighted by atomic mass is 10.1. The molecule has 0 fully saturated rings. The lowest BCUT2D eigenvalue weighted by molar-refractivity contribution is -0.109. The molecule has 0 radical (unpaired) electrons. The van der Waals surface area contributed by atoms with Crippen LogP contribution in [0.1, 0.15) is 31.4 Å². The number of carbonyl (C=O) groups excluding carboxylic acids is 1. The number of hydrogen-bond donors (Lipinski definition) is 1. The van der Waals surface area contributed by atoms with Gasteiger partial charge in [-0.1, -0.05) is 19.1 Å². The number of aliphatic hydroxyl groups excluding tert-OH is 1. The van der Waals surface area contributed by atoms with Gasteiger partial charge >= 0.3 is 0 Å². The van der Waals surface area contributed by atoms with Crippen LogP contribution in [0.4, 0.5) is 0 Å². The third-order valence-corrected chi connectivity index (χ3v) is 2.06. The Morgan fingerprint density at radius 3 is 2.60 bits per heavy atom. The van der Waals surface area contributed by atoms with Crippen LogP contribution in [0.5, 0.6) is 5.75 Å². The van der Waals surface area contributed by atoms with E-state index in [1.54, 1.807) is 24.3 Å². The molecule has 3 nitrogen and oxygen atoms in total. The van der Waals surface area contributed by atoms with Gasteiger partial charge < -0.3 is 14.6 Å². The van der Waals surface area contributed by atoms with Gasteiger partial charge in [0.2, 0.25) is 0 Å². The lowest BCUT2D eigenvalue weighted by Crippen LogP contribution is -1.99. The third kappa shape index (κ3) is 3.72. The summed E-state index contributed by atoms with van der Waals surface area (Å²) in [7, 11) is 0. The molecule has 1 aromatic rings. The second-order valence-corrected chi connectivity index (χ2v) is 3.34. The molecule has 82 valence electrons. The highest BCUT2D eigenvalue weighted by molar-refractivity contribution is 5.51. The van der Waals surface area contributed by atoms with E-state index in [4.69, 9.17) is 4.74 Å². The summed E-state index contributed by atoms with van der Waals surface area (Å²) in [6.45, 7) is 2.73. The molecule has 0 aromatic heterocycles. The van der Waals surface area contributed by atoms with Gasteiger partial charge in [-0.2, -0.15) is 0 Å². The van der Waals surface area contributed by atoms with E-state index in [0.29, 0.717) is 12.9 Å². The molecule has 0 aliphatic carbocycles. The molecule has 1 atom stereocenters. The molecule has 15 heavy (non-hydrogen) atoms. The van der Waals surface area contributed by atoms with Gasteiger partial charge in [0.05, 0.1) is 12.7 Å². The first-order chi connectivity index (χ1) is 7.27. The largest absolute Gasteiger partial charge is 0.494 e. The van der Waals surface area contributed by atoms with Gasteiger partial charge in [-0.3, -0.25) is 0 Å². The van der Waals surface area contributed by atoms with Crippen LogP contribution in [-0.2, 0) is 4.79 Å². The van der Waals surface area contributed by atoms with E-state index in [0.717, 1.165) is 17.7 Å². The van der Waals surface area contributed by atoms with Crippen molar-refractivity contribution in [3.8, 4) is 5.75 Å². The van der Waals surface area contributed by atoms with Crippen LogP contribution in [0.2, 0.25) is 0 Å². The predicted octanol–water partition coefficient (Wildman–Crippen LogP) is 2.10. The van der Waals surface area contributed by atoms with Gasteiger partial charge in [0.15, 0.2) is 0 Å². The first kappa shape index (κ1) is 11.7. The predicted molar refractivity (Wildman–Crippen MR) is 57.9 cm³/mol. The highest BCUT2D eigenvalue weighted by Crippen LogP contribution is 2.19. The zero-order valence-corrected chi connectivity index (χ0v) is 8.85. The van der Waals surface area contributed by atoms with Gasteiger partial charge in [0.1, 0.15) is 12.0 Å². The van der Waals surface area contributed by atoms with E-state index in [9.17, 15) is 9.90 Å². The van der Waals surface area contributed by atoms with Crippen molar-refractivity contribution in [1.29, 1.82) is 0 Å². The van der Waals surface area contributed by atoms with Crippen molar-refractivity contribution in [1.82, 2.24) is 0 Å². The molecule has 3 heteroatoms. The minimum Gasteiger partial charge on any atom is -0.494 e. The normalized spacial score (nSPS) is 12.1. The first-order valence-corrected chi connectivity index (χ1v) is 5.12. The Kier molecular flexibility index (Phi) is 4.84. The summed E-state index contributed by atoms with van der Waals surface area (Å²) < 4.78 is 5.40. The highest BCUT2D eigenvalue weighted by Gasteiger charge is 2.06. The molecule has 1 aromatic carbocycles. The second-order valence-electron chi connectivity index (χ2n) is 3.34. The third-order valence-electron chi connectivity index (χ3n) is 2.06. The molecule has 0 aliphatic rings. The molecule has 0 aliphatic heterocycles. The number of benzene rings is 1. The van der Waals surface area contributed by atoms with Crippen molar-refractivity contribution < 1.29 is 14.6 Å². The Labute approximate surface area is 89.7 Å². The smallest absolute Gasteiger partial charge is 0.122 e. The van der Waals surface area contributed by atoms with E-state index >= 15 is 0 Å². The average Bonchev–Trinajstić information content (AvgIpc) is 2.27. The van der Waals surface area contributed by atoms with Crippen molar-refractivity contribution >= 4 is 6.29 Å². The van der Waals surface area contributed by atoms with Crippen molar-refractivity contribution in [2.45, 2.75) is 25.9 Å². The van der Waals surface area contributed by atoms with Crippen LogP contribution in [-0.4, -0.2) is 18.0 Å². The Balaban J connectivity index is 2.59. The minimum absolute atomic E-state index is 0.134. The summed E-state index contributed by atoms with van der Waals surface area (Å²) >= 11 is 0. The van der Waals surface area contributed by atoms with Gasteiger partial charge in [0, 0.05) is 6.42 Å². The van der Waals surface area contributed by atoms with Crippen molar-refractivity contribution in [3.05, 3.63) is 29.8 Å². The highest BCUT2D eigenvalue weighted by atomic mass is 16.5. The fourth-order valence-electron chi connectivity index (χ4n) is 1.23. The quantitative estimate of drug-likeness (QED) is 0.728. The molecule has 1 rings (SSSR count). The van der Waals surface area contributed by atoms with Gasteiger partial charge in [-0.15, -0.1) is 0 Å². The number of hydrogen-bond acceptors (Lipinski definition) is 3. The van der Waals surface area contributed by atoms with Gasteiger partial charge in [-0.25, -0.2) is 0 Å². The topological polar surface area (TPSA) is 46.5 Å². The van der Waals surface area contributed by atoms with Crippen LogP contribution in [0.25, 0.3) is 0 Å². The van der Waals surface area contributed by atoms with Crippen molar-refractivity contribution in [2.24, 2.45) is 0 Å². The SMILES string of the molecule is CCCOc1ccc(C(O)CC=O)cc1. The van der Waals surface area contributed by atoms with Crippen molar-refractivity contribution in [2.75, 3.05) is 6.61 Å². The molecule has 0 saturated heterocycles. The van der Waals surface area contributed by atoms with Gasteiger partial charge in [-0.05, 0) is 24.1 Å². The molecule has 0 saturated carbocycles. The van der Waals surface area contributed by atoms with E-state index in [2.05, 4.69) is 0 Å². The van der Waals surface area contributed by atoms with Gasteiger partial charge in [0.25, 0.3) is 0 Å². The number of aldehydes is 1. The summed E-state index contributed by atoms with van der Waals surface area (Å²) in [6, 6.07) is 7.16. The van der Waals surface area contributed by atoms with Crippen molar-refractivity contribution in [3.63, 3.8) is 0 Å². The maximum absolute atomic E-state index is 10.2. The number of aliphatic hydroxyl groups is 1. The molecule has 0 spiro atoms. The summed E-state index contributed by atoms with van der Waals surface area (Å²) in [5, 5.41) is 9.52. The molecule has 0 amide bonds. The maximum atomic E-state index is 10.2.